The van der Waals surface area contributed by atoms with Gasteiger partial charge in [0.05, 0.1) is 0 Å². The molecule has 0 atom stereocenters. The Hall–Kier alpha value is -2.37. The van der Waals surface area contributed by atoms with Crippen LogP contribution in [0, 0.1) is 0 Å². The van der Waals surface area contributed by atoms with E-state index in [2.05, 4.69) is 0 Å². The van der Waals surface area contributed by atoms with E-state index in [1.165, 1.54) is 0 Å². The summed E-state index contributed by atoms with van der Waals surface area (Å²) in [6.45, 7) is 0. The zero-order valence-corrected chi connectivity index (χ0v) is 10.5. The van der Waals surface area contributed by atoms with Gasteiger partial charge in [-0.05, 0) is 17.6 Å². The molecule has 0 spiro atoms. The molecule has 3 aromatic rings. The van der Waals surface area contributed by atoms with Gasteiger partial charge in [0.1, 0.15) is 5.58 Å². The van der Waals surface area contributed by atoms with Gasteiger partial charge in [-0.2, -0.15) is 0 Å². The molecule has 0 amide bonds. The average Bonchev–Trinajstić information content (AvgIpc) is 2.90. The molecule has 0 bridgehead atoms. The van der Waals surface area contributed by atoms with Gasteiger partial charge in [-0.25, -0.2) is 0 Å². The predicted molar refractivity (Wildman–Crippen MR) is 80.1 cm³/mol. The maximum absolute atomic E-state index is 12.2. The molecular weight excluding hydrogens is 255 g/mol. The SMILES string of the molecule is O=C(c1ccccc1)c1cc2cc(B(O)O)ccc2o1.[HH].[HH]. The van der Waals surface area contributed by atoms with Crippen molar-refractivity contribution in [1.29, 1.82) is 0 Å². The van der Waals surface area contributed by atoms with Crippen molar-refractivity contribution in [2.24, 2.45) is 0 Å². The molecule has 0 saturated heterocycles. The van der Waals surface area contributed by atoms with Gasteiger partial charge < -0.3 is 14.5 Å². The first kappa shape index (κ1) is 12.7. The molecule has 1 heterocycles. The molecule has 0 aliphatic carbocycles. The van der Waals surface area contributed by atoms with Crippen LogP contribution in [0.25, 0.3) is 11.0 Å². The molecule has 0 aliphatic heterocycles. The number of rotatable bonds is 3. The minimum absolute atomic E-state index is 0. The van der Waals surface area contributed by atoms with Crippen LogP contribution in [-0.2, 0) is 0 Å². The van der Waals surface area contributed by atoms with Crippen molar-refractivity contribution in [3.8, 4) is 0 Å². The number of benzene rings is 2. The first-order chi connectivity index (χ1) is 9.65. The number of fused-ring (bicyclic) bond motifs is 1. The Morgan fingerprint density at radius 2 is 1.80 bits per heavy atom. The second-order valence-corrected chi connectivity index (χ2v) is 4.48. The zero-order chi connectivity index (χ0) is 14.1. The number of hydrogen-bond donors (Lipinski definition) is 2. The Morgan fingerprint density at radius 1 is 1.05 bits per heavy atom. The van der Waals surface area contributed by atoms with E-state index in [0.29, 0.717) is 22.0 Å². The van der Waals surface area contributed by atoms with Crippen LogP contribution in [0.1, 0.15) is 19.0 Å². The van der Waals surface area contributed by atoms with E-state index in [0.717, 1.165) is 0 Å². The van der Waals surface area contributed by atoms with Gasteiger partial charge in [0.15, 0.2) is 5.76 Å². The summed E-state index contributed by atoms with van der Waals surface area (Å²) in [5, 5.41) is 18.9. The summed E-state index contributed by atoms with van der Waals surface area (Å²) < 4.78 is 5.51. The van der Waals surface area contributed by atoms with Crippen LogP contribution < -0.4 is 5.46 Å². The Labute approximate surface area is 118 Å². The summed E-state index contributed by atoms with van der Waals surface area (Å²) in [5.41, 5.74) is 1.44. The quantitative estimate of drug-likeness (QED) is 0.562. The van der Waals surface area contributed by atoms with Crippen molar-refractivity contribution in [2.45, 2.75) is 0 Å². The fraction of sp³-hybridized carbons (Fsp3) is 0. The number of ketones is 1. The van der Waals surface area contributed by atoms with E-state index in [-0.39, 0.29) is 14.4 Å². The van der Waals surface area contributed by atoms with Crippen LogP contribution in [-0.4, -0.2) is 22.9 Å². The fourth-order valence-corrected chi connectivity index (χ4v) is 2.07. The molecule has 20 heavy (non-hydrogen) atoms. The Balaban J connectivity index is 0.00000121. The molecule has 1 aromatic heterocycles. The summed E-state index contributed by atoms with van der Waals surface area (Å²) in [6.07, 6.45) is 0. The molecule has 2 N–H and O–H groups in total. The maximum atomic E-state index is 12.2. The Kier molecular flexibility index (Phi) is 3.14. The minimum Gasteiger partial charge on any atom is -0.453 e. The first-order valence-corrected chi connectivity index (χ1v) is 6.14. The highest BCUT2D eigenvalue weighted by molar-refractivity contribution is 6.58. The summed E-state index contributed by atoms with van der Waals surface area (Å²) >= 11 is 0. The van der Waals surface area contributed by atoms with Crippen molar-refractivity contribution in [2.75, 3.05) is 0 Å². The monoisotopic (exact) mass is 270 g/mol. The lowest BCUT2D eigenvalue weighted by molar-refractivity contribution is 0.101. The van der Waals surface area contributed by atoms with E-state index in [9.17, 15) is 4.79 Å². The highest BCUT2D eigenvalue weighted by Gasteiger charge is 2.16. The molecule has 2 aromatic carbocycles. The Bertz CT molecular complexity index is 772. The normalized spacial score (nSPS) is 10.7. The number of furan rings is 1. The summed E-state index contributed by atoms with van der Waals surface area (Å²) in [5.74, 6) is 0.0312. The maximum Gasteiger partial charge on any atom is 0.488 e. The van der Waals surface area contributed by atoms with Crippen LogP contribution in [0.5, 0.6) is 0 Å². The van der Waals surface area contributed by atoms with Gasteiger partial charge >= 0.3 is 7.12 Å². The smallest absolute Gasteiger partial charge is 0.453 e. The molecule has 0 saturated carbocycles. The Morgan fingerprint density at radius 3 is 2.50 bits per heavy atom. The van der Waals surface area contributed by atoms with E-state index in [4.69, 9.17) is 14.5 Å². The number of carbonyl (C=O) groups is 1. The van der Waals surface area contributed by atoms with Crippen molar-refractivity contribution in [3.05, 3.63) is 65.9 Å². The fourth-order valence-electron chi connectivity index (χ4n) is 2.07. The van der Waals surface area contributed by atoms with Crippen LogP contribution in [0.15, 0.2) is 59.0 Å². The van der Waals surface area contributed by atoms with E-state index in [1.54, 1.807) is 48.5 Å². The van der Waals surface area contributed by atoms with Crippen molar-refractivity contribution < 1.29 is 22.1 Å². The van der Waals surface area contributed by atoms with Crippen LogP contribution in [0.4, 0.5) is 0 Å². The molecule has 0 radical (unpaired) electrons. The third-order valence-electron chi connectivity index (χ3n) is 3.10. The number of hydrogen-bond acceptors (Lipinski definition) is 4. The van der Waals surface area contributed by atoms with Crippen molar-refractivity contribution in [1.82, 2.24) is 0 Å². The van der Waals surface area contributed by atoms with Gasteiger partial charge in [0.2, 0.25) is 5.78 Å². The molecular formula is C15H15BO4. The highest BCUT2D eigenvalue weighted by Crippen LogP contribution is 2.20. The average molecular weight is 270 g/mol. The predicted octanol–water partition coefficient (Wildman–Crippen LogP) is 1.84. The van der Waals surface area contributed by atoms with Crippen LogP contribution in [0.2, 0.25) is 0 Å². The first-order valence-electron chi connectivity index (χ1n) is 6.14. The van der Waals surface area contributed by atoms with Gasteiger partial charge in [0.25, 0.3) is 0 Å². The standard InChI is InChI=1S/C15H11BO4.2H2/c17-15(10-4-2-1-3-5-10)14-9-11-8-12(16(18)19)6-7-13(11)20-14;;/h1-9,18-19H;2*1H. The number of carbonyl (C=O) groups excluding carboxylic acids is 1. The van der Waals surface area contributed by atoms with Gasteiger partial charge in [-0.3, -0.25) is 4.79 Å². The third-order valence-corrected chi connectivity index (χ3v) is 3.10. The van der Waals surface area contributed by atoms with Gasteiger partial charge in [-0.1, -0.05) is 42.5 Å². The third kappa shape index (κ3) is 2.24. The van der Waals surface area contributed by atoms with Gasteiger partial charge in [0, 0.05) is 13.8 Å². The van der Waals surface area contributed by atoms with E-state index < -0.39 is 7.12 Å². The van der Waals surface area contributed by atoms with Crippen LogP contribution in [0.3, 0.4) is 0 Å². The highest BCUT2D eigenvalue weighted by atomic mass is 16.4. The summed E-state index contributed by atoms with van der Waals surface area (Å²) in [7, 11) is -1.54. The van der Waals surface area contributed by atoms with Crippen molar-refractivity contribution >= 4 is 29.3 Å². The van der Waals surface area contributed by atoms with E-state index in [1.807, 2.05) is 6.07 Å². The molecule has 0 fully saturated rings. The lowest BCUT2D eigenvalue weighted by Crippen LogP contribution is -2.29. The largest absolute Gasteiger partial charge is 0.488 e. The molecule has 0 aliphatic rings. The second kappa shape index (κ2) is 4.96. The van der Waals surface area contributed by atoms with Gasteiger partial charge in [-0.15, -0.1) is 0 Å². The summed E-state index contributed by atoms with van der Waals surface area (Å²) in [6, 6.07) is 15.2. The molecule has 102 valence electrons. The second-order valence-electron chi connectivity index (χ2n) is 4.48. The zero-order valence-electron chi connectivity index (χ0n) is 10.5. The molecule has 4 nitrogen and oxygen atoms in total. The summed E-state index contributed by atoms with van der Waals surface area (Å²) in [4.78, 5) is 12.2. The van der Waals surface area contributed by atoms with Crippen molar-refractivity contribution in [3.63, 3.8) is 0 Å². The lowest BCUT2D eigenvalue weighted by Gasteiger charge is -1.97. The molecule has 0 unspecified atom stereocenters. The minimum atomic E-state index is -1.54. The topological polar surface area (TPSA) is 70.7 Å². The lowest BCUT2D eigenvalue weighted by atomic mass is 9.80. The van der Waals surface area contributed by atoms with Crippen LogP contribution >= 0.6 is 0 Å². The van der Waals surface area contributed by atoms with E-state index >= 15 is 0 Å². The molecule has 5 heteroatoms. The molecule has 3 rings (SSSR count).